The molecule has 0 unspecified atom stereocenters. The number of nitro benzene ring substituents is 2. The summed E-state index contributed by atoms with van der Waals surface area (Å²) in [6, 6.07) is 4.81. The Kier molecular flexibility index (Phi) is 8.16. The average Bonchev–Trinajstić information content (AvgIpc) is 2.75. The van der Waals surface area contributed by atoms with Crippen molar-refractivity contribution >= 4 is 23.0 Å². The molecular weight excluding hydrogens is 426 g/mol. The van der Waals surface area contributed by atoms with Crippen LogP contribution in [-0.4, -0.2) is 42.7 Å². The molecular formula is C20H23N3O9. The van der Waals surface area contributed by atoms with Crippen molar-refractivity contribution in [3.63, 3.8) is 0 Å². The molecule has 1 N–H and O–H groups in total. The molecule has 172 valence electrons. The summed E-state index contributed by atoms with van der Waals surface area (Å²) in [5, 5.41) is 25.1. The average molecular weight is 449 g/mol. The second-order valence-electron chi connectivity index (χ2n) is 6.12. The Morgan fingerprint density at radius 3 is 1.69 bits per heavy atom. The number of nitrogens with one attached hydrogen (secondary N) is 1. The van der Waals surface area contributed by atoms with E-state index in [1.165, 1.54) is 12.1 Å². The van der Waals surface area contributed by atoms with Crippen LogP contribution in [0.4, 0.5) is 17.1 Å². The number of amides is 1. The fourth-order valence-corrected chi connectivity index (χ4v) is 2.87. The summed E-state index contributed by atoms with van der Waals surface area (Å²) in [6.07, 6.45) is 0. The van der Waals surface area contributed by atoms with Gasteiger partial charge >= 0.3 is 11.4 Å². The number of carbonyl (C=O) groups excluding carboxylic acids is 1. The fraction of sp³-hybridized carbons (Fsp3) is 0.350. The van der Waals surface area contributed by atoms with Crippen molar-refractivity contribution in [2.24, 2.45) is 0 Å². The SMILES string of the molecule is CCOc1cc(C(=O)Nc2cc([N+](=O)[O-])c(OC)c([N+](=O)[O-])c2)cc(OCC)c1OCC. The first-order valence-electron chi connectivity index (χ1n) is 9.65. The smallest absolute Gasteiger partial charge is 0.320 e. The summed E-state index contributed by atoms with van der Waals surface area (Å²) < 4.78 is 21.6. The Bertz CT molecular complexity index is 961. The van der Waals surface area contributed by atoms with E-state index < -0.39 is 32.9 Å². The summed E-state index contributed by atoms with van der Waals surface area (Å²) in [5.41, 5.74) is -1.37. The van der Waals surface area contributed by atoms with Crippen molar-refractivity contribution in [3.05, 3.63) is 50.1 Å². The van der Waals surface area contributed by atoms with Crippen molar-refractivity contribution < 1.29 is 33.6 Å². The normalized spacial score (nSPS) is 10.2. The number of carbonyl (C=O) groups is 1. The van der Waals surface area contributed by atoms with Crippen LogP contribution in [0.5, 0.6) is 23.0 Å². The number of nitrogens with zero attached hydrogens (tertiary/aromatic N) is 2. The van der Waals surface area contributed by atoms with Crippen LogP contribution in [0.3, 0.4) is 0 Å². The van der Waals surface area contributed by atoms with Crippen LogP contribution < -0.4 is 24.3 Å². The second-order valence-corrected chi connectivity index (χ2v) is 6.12. The maximum Gasteiger partial charge on any atom is 0.320 e. The molecule has 0 aliphatic heterocycles. The minimum atomic E-state index is -0.835. The molecule has 12 nitrogen and oxygen atoms in total. The van der Waals surface area contributed by atoms with Gasteiger partial charge in [-0.2, -0.15) is 0 Å². The zero-order valence-corrected chi connectivity index (χ0v) is 18.0. The Hall–Kier alpha value is -4.09. The summed E-state index contributed by atoms with van der Waals surface area (Å²) in [4.78, 5) is 33.9. The Morgan fingerprint density at radius 2 is 1.31 bits per heavy atom. The van der Waals surface area contributed by atoms with Crippen LogP contribution in [0, 0.1) is 20.2 Å². The number of nitro groups is 2. The van der Waals surface area contributed by atoms with Crippen LogP contribution in [0.2, 0.25) is 0 Å². The molecule has 2 rings (SSSR count). The highest BCUT2D eigenvalue weighted by Crippen LogP contribution is 2.41. The molecule has 0 radical (unpaired) electrons. The molecule has 0 aromatic heterocycles. The topological polar surface area (TPSA) is 152 Å². The van der Waals surface area contributed by atoms with Gasteiger partial charge in [0, 0.05) is 17.7 Å². The van der Waals surface area contributed by atoms with E-state index in [-0.39, 0.29) is 22.7 Å². The van der Waals surface area contributed by atoms with Gasteiger partial charge in [0.25, 0.3) is 11.7 Å². The number of methoxy groups -OCH3 is 1. The van der Waals surface area contributed by atoms with Gasteiger partial charge in [-0.15, -0.1) is 0 Å². The maximum absolute atomic E-state index is 12.9. The molecule has 0 aliphatic rings. The lowest BCUT2D eigenvalue weighted by atomic mass is 10.1. The van der Waals surface area contributed by atoms with E-state index in [4.69, 9.17) is 18.9 Å². The number of anilines is 1. The molecule has 2 aromatic rings. The lowest BCUT2D eigenvalue weighted by molar-refractivity contribution is -0.395. The summed E-state index contributed by atoms with van der Waals surface area (Å²) >= 11 is 0. The van der Waals surface area contributed by atoms with E-state index in [0.717, 1.165) is 19.2 Å². The van der Waals surface area contributed by atoms with Gasteiger partial charge in [0.05, 0.1) is 42.5 Å². The minimum absolute atomic E-state index is 0.0986. The number of ether oxygens (including phenoxy) is 4. The molecule has 0 fully saturated rings. The monoisotopic (exact) mass is 449 g/mol. The molecule has 0 spiro atoms. The molecule has 2 aromatic carbocycles. The lowest BCUT2D eigenvalue weighted by Gasteiger charge is -2.17. The quantitative estimate of drug-likeness (QED) is 0.397. The molecule has 12 heteroatoms. The van der Waals surface area contributed by atoms with Crippen molar-refractivity contribution in [2.75, 3.05) is 32.2 Å². The highest BCUT2D eigenvalue weighted by Gasteiger charge is 2.29. The molecule has 0 bridgehead atoms. The molecule has 0 aliphatic carbocycles. The first kappa shape index (κ1) is 24.2. The van der Waals surface area contributed by atoms with Gasteiger partial charge in [-0.3, -0.25) is 25.0 Å². The number of hydrogen-bond donors (Lipinski definition) is 1. The first-order valence-corrected chi connectivity index (χ1v) is 9.65. The van der Waals surface area contributed by atoms with Crippen molar-refractivity contribution in [3.8, 4) is 23.0 Å². The number of hydrogen-bond acceptors (Lipinski definition) is 9. The fourth-order valence-electron chi connectivity index (χ4n) is 2.87. The largest absolute Gasteiger partial charge is 0.490 e. The number of benzene rings is 2. The van der Waals surface area contributed by atoms with E-state index in [9.17, 15) is 25.0 Å². The van der Waals surface area contributed by atoms with Gasteiger partial charge in [0.2, 0.25) is 5.75 Å². The van der Waals surface area contributed by atoms with Gasteiger partial charge < -0.3 is 24.3 Å². The van der Waals surface area contributed by atoms with Gasteiger partial charge in [-0.05, 0) is 32.9 Å². The van der Waals surface area contributed by atoms with Gasteiger partial charge in [-0.25, -0.2) is 0 Å². The molecule has 0 atom stereocenters. The maximum atomic E-state index is 12.9. The van der Waals surface area contributed by atoms with Crippen LogP contribution in [0.15, 0.2) is 24.3 Å². The minimum Gasteiger partial charge on any atom is -0.490 e. The third-order valence-electron chi connectivity index (χ3n) is 4.08. The zero-order chi connectivity index (χ0) is 23.8. The van der Waals surface area contributed by atoms with Gasteiger partial charge in [-0.1, -0.05) is 0 Å². The van der Waals surface area contributed by atoms with E-state index in [1.54, 1.807) is 20.8 Å². The van der Waals surface area contributed by atoms with Crippen LogP contribution in [-0.2, 0) is 0 Å². The summed E-state index contributed by atoms with van der Waals surface area (Å²) in [6.45, 7) is 6.25. The van der Waals surface area contributed by atoms with Crippen LogP contribution >= 0.6 is 0 Å². The molecule has 0 saturated carbocycles. The Labute approximate surface area is 183 Å². The second kappa shape index (κ2) is 10.8. The molecule has 0 heterocycles. The standard InChI is InChI=1S/C20H23N3O9/c1-5-30-16-8-12(9-17(31-6-2)19(16)32-7-3)20(24)21-13-10-14(22(25)26)18(29-4)15(11-13)23(27)28/h8-11H,5-7H2,1-4H3,(H,21,24). The number of rotatable bonds is 11. The van der Waals surface area contributed by atoms with Crippen molar-refractivity contribution in [2.45, 2.75) is 20.8 Å². The first-order chi connectivity index (χ1) is 15.3. The predicted octanol–water partition coefficient (Wildman–Crippen LogP) is 3.96. The van der Waals surface area contributed by atoms with E-state index in [0.29, 0.717) is 25.6 Å². The highest BCUT2D eigenvalue weighted by atomic mass is 16.6. The van der Waals surface area contributed by atoms with E-state index >= 15 is 0 Å². The molecule has 0 saturated heterocycles. The van der Waals surface area contributed by atoms with E-state index in [1.807, 2.05) is 0 Å². The molecule has 1 amide bonds. The third kappa shape index (κ3) is 5.33. The predicted molar refractivity (Wildman–Crippen MR) is 114 cm³/mol. The van der Waals surface area contributed by atoms with Crippen molar-refractivity contribution in [1.82, 2.24) is 0 Å². The Morgan fingerprint density at radius 1 is 0.844 bits per heavy atom. The highest BCUT2D eigenvalue weighted by molar-refractivity contribution is 6.05. The van der Waals surface area contributed by atoms with Crippen LogP contribution in [0.1, 0.15) is 31.1 Å². The van der Waals surface area contributed by atoms with E-state index in [2.05, 4.69) is 5.32 Å². The zero-order valence-electron chi connectivity index (χ0n) is 18.0. The lowest BCUT2D eigenvalue weighted by Crippen LogP contribution is -2.14. The van der Waals surface area contributed by atoms with Crippen LogP contribution in [0.25, 0.3) is 0 Å². The Balaban J connectivity index is 2.52. The summed E-state index contributed by atoms with van der Waals surface area (Å²) in [7, 11) is 1.08. The van der Waals surface area contributed by atoms with Gasteiger partial charge in [0.1, 0.15) is 0 Å². The molecule has 32 heavy (non-hydrogen) atoms. The van der Waals surface area contributed by atoms with Gasteiger partial charge in [0.15, 0.2) is 11.5 Å². The summed E-state index contributed by atoms with van der Waals surface area (Å²) in [5.74, 6) is -0.321. The van der Waals surface area contributed by atoms with Crippen molar-refractivity contribution in [1.29, 1.82) is 0 Å². The third-order valence-corrected chi connectivity index (χ3v) is 4.08.